The molecule has 0 radical (unpaired) electrons. The minimum Gasteiger partial charge on any atom is -0.309 e. The summed E-state index contributed by atoms with van der Waals surface area (Å²) in [5.74, 6) is 0. The van der Waals surface area contributed by atoms with Crippen molar-refractivity contribution < 1.29 is 0 Å². The molecule has 0 aliphatic carbocycles. The summed E-state index contributed by atoms with van der Waals surface area (Å²) in [6.07, 6.45) is 0. The highest BCUT2D eigenvalue weighted by Crippen LogP contribution is 2.39. The molecular formula is C49H34N2. The van der Waals surface area contributed by atoms with Crippen molar-refractivity contribution >= 4 is 43.6 Å². The predicted octanol–water partition coefficient (Wildman–Crippen LogP) is 13.2. The molecular weight excluding hydrogens is 617 g/mol. The Morgan fingerprint density at radius 2 is 0.647 bits per heavy atom. The molecule has 2 aromatic heterocycles. The summed E-state index contributed by atoms with van der Waals surface area (Å²) in [6, 6.07) is 68.6. The van der Waals surface area contributed by atoms with Crippen molar-refractivity contribution in [3.63, 3.8) is 0 Å². The van der Waals surface area contributed by atoms with Crippen molar-refractivity contribution in [2.24, 2.45) is 0 Å². The van der Waals surface area contributed by atoms with Gasteiger partial charge in [0.05, 0.1) is 22.1 Å². The molecule has 10 rings (SSSR count). The maximum absolute atomic E-state index is 2.40. The average molecular weight is 651 g/mol. The third-order valence-electron chi connectivity index (χ3n) is 10.4. The molecule has 0 fully saturated rings. The Hall–Kier alpha value is -6.64. The minimum absolute atomic E-state index is 1.16. The van der Waals surface area contributed by atoms with E-state index in [2.05, 4.69) is 204 Å². The maximum Gasteiger partial charge on any atom is 0.0541 e. The van der Waals surface area contributed by atoms with Gasteiger partial charge in [-0.1, -0.05) is 127 Å². The number of aromatic nitrogens is 2. The monoisotopic (exact) mass is 650 g/mol. The quantitative estimate of drug-likeness (QED) is 0.175. The van der Waals surface area contributed by atoms with Crippen LogP contribution in [-0.2, 0) is 0 Å². The minimum atomic E-state index is 1.16. The number of rotatable bonds is 5. The lowest BCUT2D eigenvalue weighted by atomic mass is 9.99. The number of hydrogen-bond acceptors (Lipinski definition) is 0. The molecule has 0 aliphatic heterocycles. The topological polar surface area (TPSA) is 9.86 Å². The first-order chi connectivity index (χ1) is 25.2. The standard InChI is InChI=1S/C49H34N2/c1-33-16-18-36(19-17-33)37-22-27-48-44(30-37)45-32-39(24-29-49(45)50(48)40-12-6-3-7-13-40)38-23-28-47-43(31-38)42-14-8-9-15-46(42)51(47)41-25-20-35(21-26-41)34-10-4-2-5-11-34/h2-32H,1H3. The van der Waals surface area contributed by atoms with Crippen molar-refractivity contribution in [2.75, 3.05) is 0 Å². The Kier molecular flexibility index (Phi) is 6.75. The Bertz CT molecular complexity index is 2870. The second-order valence-electron chi connectivity index (χ2n) is 13.5. The zero-order chi connectivity index (χ0) is 33.9. The van der Waals surface area contributed by atoms with Crippen LogP contribution < -0.4 is 0 Å². The van der Waals surface area contributed by atoms with E-state index in [0.717, 1.165) is 5.69 Å². The van der Waals surface area contributed by atoms with Crippen LogP contribution in [0.1, 0.15) is 5.56 Å². The Morgan fingerprint density at radius 1 is 0.275 bits per heavy atom. The number of nitrogens with zero attached hydrogens (tertiary/aromatic N) is 2. The van der Waals surface area contributed by atoms with Crippen LogP contribution in [0.3, 0.4) is 0 Å². The lowest BCUT2D eigenvalue weighted by molar-refractivity contribution is 1.18. The number of aryl methyl sites for hydroxylation is 1. The van der Waals surface area contributed by atoms with Gasteiger partial charge >= 0.3 is 0 Å². The van der Waals surface area contributed by atoms with E-state index in [1.54, 1.807) is 0 Å². The van der Waals surface area contributed by atoms with Crippen molar-refractivity contribution in [2.45, 2.75) is 6.92 Å². The molecule has 0 bridgehead atoms. The van der Waals surface area contributed by atoms with Gasteiger partial charge in [0.2, 0.25) is 0 Å². The second kappa shape index (κ2) is 11.8. The zero-order valence-corrected chi connectivity index (χ0v) is 28.3. The Morgan fingerprint density at radius 3 is 1.24 bits per heavy atom. The molecule has 0 saturated heterocycles. The van der Waals surface area contributed by atoms with Crippen molar-refractivity contribution in [1.82, 2.24) is 9.13 Å². The predicted molar refractivity (Wildman–Crippen MR) is 216 cm³/mol. The van der Waals surface area contributed by atoms with E-state index in [-0.39, 0.29) is 0 Å². The van der Waals surface area contributed by atoms with Gasteiger partial charge in [-0.15, -0.1) is 0 Å². The lowest BCUT2D eigenvalue weighted by Crippen LogP contribution is -1.94. The fourth-order valence-electron chi connectivity index (χ4n) is 7.85. The molecule has 2 nitrogen and oxygen atoms in total. The molecule has 0 atom stereocenters. The van der Waals surface area contributed by atoms with E-state index in [1.807, 2.05) is 0 Å². The SMILES string of the molecule is Cc1ccc(-c2ccc3c(c2)c2cc(-c4ccc5c(c4)c4ccccc4n5-c4ccc(-c5ccccc5)cc4)ccc2n3-c2ccccc2)cc1. The van der Waals surface area contributed by atoms with Gasteiger partial charge in [-0.2, -0.15) is 0 Å². The fraction of sp³-hybridized carbons (Fsp3) is 0.0204. The van der Waals surface area contributed by atoms with Gasteiger partial charge in [0, 0.05) is 32.9 Å². The zero-order valence-electron chi connectivity index (χ0n) is 28.3. The van der Waals surface area contributed by atoms with Gasteiger partial charge in [0.25, 0.3) is 0 Å². The van der Waals surface area contributed by atoms with Crippen LogP contribution in [0.4, 0.5) is 0 Å². The summed E-state index contributed by atoms with van der Waals surface area (Å²) >= 11 is 0. The largest absolute Gasteiger partial charge is 0.309 e. The van der Waals surface area contributed by atoms with Crippen LogP contribution >= 0.6 is 0 Å². The van der Waals surface area contributed by atoms with Crippen LogP contribution in [0.5, 0.6) is 0 Å². The molecule has 2 heterocycles. The van der Waals surface area contributed by atoms with Crippen molar-refractivity contribution in [3.8, 4) is 44.8 Å². The van der Waals surface area contributed by atoms with E-state index in [0.29, 0.717) is 0 Å². The van der Waals surface area contributed by atoms with Gasteiger partial charge in [0.1, 0.15) is 0 Å². The van der Waals surface area contributed by atoms with Crippen LogP contribution in [0, 0.1) is 6.92 Å². The molecule has 51 heavy (non-hydrogen) atoms. The van der Waals surface area contributed by atoms with Crippen molar-refractivity contribution in [3.05, 3.63) is 194 Å². The van der Waals surface area contributed by atoms with Gasteiger partial charge in [-0.05, 0) is 107 Å². The van der Waals surface area contributed by atoms with E-state index >= 15 is 0 Å². The molecule has 0 spiro atoms. The van der Waals surface area contributed by atoms with Gasteiger partial charge in [0.15, 0.2) is 0 Å². The highest BCUT2D eigenvalue weighted by molar-refractivity contribution is 6.13. The maximum atomic E-state index is 2.40. The first kappa shape index (κ1) is 29.3. The lowest BCUT2D eigenvalue weighted by Gasteiger charge is -2.10. The summed E-state index contributed by atoms with van der Waals surface area (Å²) in [5.41, 5.74) is 15.8. The van der Waals surface area contributed by atoms with Crippen LogP contribution in [0.2, 0.25) is 0 Å². The molecule has 0 saturated carbocycles. The number of benzene rings is 8. The Balaban J connectivity index is 1.14. The van der Waals surface area contributed by atoms with Crippen LogP contribution in [0.15, 0.2) is 188 Å². The fourth-order valence-corrected chi connectivity index (χ4v) is 7.85. The van der Waals surface area contributed by atoms with E-state index in [1.165, 1.54) is 88.2 Å². The highest BCUT2D eigenvalue weighted by atomic mass is 15.0. The smallest absolute Gasteiger partial charge is 0.0541 e. The third-order valence-corrected chi connectivity index (χ3v) is 10.4. The van der Waals surface area contributed by atoms with Gasteiger partial charge in [-0.3, -0.25) is 0 Å². The molecule has 0 aliphatic rings. The molecule has 240 valence electrons. The van der Waals surface area contributed by atoms with Crippen LogP contribution in [-0.4, -0.2) is 9.13 Å². The highest BCUT2D eigenvalue weighted by Gasteiger charge is 2.17. The van der Waals surface area contributed by atoms with Crippen LogP contribution in [0.25, 0.3) is 88.4 Å². The number of para-hydroxylation sites is 2. The molecule has 0 N–H and O–H groups in total. The van der Waals surface area contributed by atoms with E-state index in [9.17, 15) is 0 Å². The van der Waals surface area contributed by atoms with E-state index in [4.69, 9.17) is 0 Å². The summed E-state index contributed by atoms with van der Waals surface area (Å²) < 4.78 is 4.79. The van der Waals surface area contributed by atoms with Gasteiger partial charge in [-0.25, -0.2) is 0 Å². The summed E-state index contributed by atoms with van der Waals surface area (Å²) in [6.45, 7) is 2.14. The molecule has 0 amide bonds. The second-order valence-corrected chi connectivity index (χ2v) is 13.5. The number of hydrogen-bond donors (Lipinski definition) is 0. The Labute approximate surface area is 297 Å². The summed E-state index contributed by atoms with van der Waals surface area (Å²) in [4.78, 5) is 0. The third kappa shape index (κ3) is 4.87. The average Bonchev–Trinajstić information content (AvgIpc) is 3.71. The number of fused-ring (bicyclic) bond motifs is 6. The van der Waals surface area contributed by atoms with E-state index < -0.39 is 0 Å². The van der Waals surface area contributed by atoms with Crippen molar-refractivity contribution in [1.29, 1.82) is 0 Å². The molecule has 8 aromatic carbocycles. The van der Waals surface area contributed by atoms with Gasteiger partial charge < -0.3 is 9.13 Å². The normalized spacial score (nSPS) is 11.6. The molecule has 10 aromatic rings. The first-order valence-electron chi connectivity index (χ1n) is 17.6. The summed E-state index contributed by atoms with van der Waals surface area (Å²) in [5, 5.41) is 5.02. The first-order valence-corrected chi connectivity index (χ1v) is 17.6. The molecule has 2 heteroatoms. The summed E-state index contributed by atoms with van der Waals surface area (Å²) in [7, 11) is 0. The molecule has 0 unspecified atom stereocenters.